The van der Waals surface area contributed by atoms with Crippen molar-refractivity contribution >= 4 is 11.6 Å². The van der Waals surface area contributed by atoms with Crippen LogP contribution in [0.1, 0.15) is 44.1 Å². The van der Waals surface area contributed by atoms with Crippen LogP contribution in [0.4, 0.5) is 5.69 Å². The smallest absolute Gasteiger partial charge is 0.223 e. The van der Waals surface area contributed by atoms with Crippen LogP contribution in [0.5, 0.6) is 0 Å². The van der Waals surface area contributed by atoms with Crippen molar-refractivity contribution in [1.82, 2.24) is 4.90 Å². The number of anilines is 1. The summed E-state index contributed by atoms with van der Waals surface area (Å²) in [5.74, 6) is 0.160. The Balaban J connectivity index is 1.89. The monoisotopic (exact) mass is 290 g/mol. The largest absolute Gasteiger partial charge is 0.399 e. The Bertz CT molecular complexity index is 439. The molecule has 0 aromatic heterocycles. The lowest BCUT2D eigenvalue weighted by atomic mass is 9.93. The van der Waals surface area contributed by atoms with E-state index >= 15 is 0 Å². The number of hydrogen-bond acceptors (Lipinski definition) is 3. The van der Waals surface area contributed by atoms with Gasteiger partial charge in [-0.3, -0.25) is 4.79 Å². The summed E-state index contributed by atoms with van der Waals surface area (Å²) in [5.41, 5.74) is 7.54. The minimum absolute atomic E-state index is 0.0457. The molecule has 3 N–H and O–H groups in total. The molecule has 0 heterocycles. The minimum Gasteiger partial charge on any atom is -0.399 e. The summed E-state index contributed by atoms with van der Waals surface area (Å²) in [7, 11) is 0. The van der Waals surface area contributed by atoms with E-state index in [9.17, 15) is 9.90 Å². The van der Waals surface area contributed by atoms with Crippen molar-refractivity contribution < 1.29 is 9.90 Å². The van der Waals surface area contributed by atoms with Crippen molar-refractivity contribution in [3.63, 3.8) is 0 Å². The van der Waals surface area contributed by atoms with Crippen molar-refractivity contribution in [2.75, 3.05) is 18.9 Å². The number of aryl methyl sites for hydroxylation is 1. The third-order valence-corrected chi connectivity index (χ3v) is 4.28. The first-order valence-electron chi connectivity index (χ1n) is 7.95. The summed E-state index contributed by atoms with van der Waals surface area (Å²) in [6.45, 7) is 0.509. The van der Waals surface area contributed by atoms with E-state index < -0.39 is 0 Å². The lowest BCUT2D eigenvalue weighted by molar-refractivity contribution is -0.134. The molecule has 0 aliphatic heterocycles. The van der Waals surface area contributed by atoms with Gasteiger partial charge in [-0.15, -0.1) is 0 Å². The van der Waals surface area contributed by atoms with Crippen molar-refractivity contribution in [2.45, 2.75) is 51.0 Å². The maximum Gasteiger partial charge on any atom is 0.223 e. The van der Waals surface area contributed by atoms with E-state index in [2.05, 4.69) is 0 Å². The second-order valence-corrected chi connectivity index (χ2v) is 5.84. The number of nitrogens with zero attached hydrogens (tertiary/aromatic N) is 1. The highest BCUT2D eigenvalue weighted by molar-refractivity contribution is 5.76. The number of carbonyl (C=O) groups is 1. The molecule has 1 amide bonds. The number of amides is 1. The van der Waals surface area contributed by atoms with E-state index in [1.165, 1.54) is 19.3 Å². The molecule has 1 fully saturated rings. The van der Waals surface area contributed by atoms with E-state index in [0.717, 1.165) is 30.5 Å². The number of aliphatic hydroxyl groups is 1. The molecule has 0 bridgehead atoms. The molecule has 1 aromatic carbocycles. The van der Waals surface area contributed by atoms with Crippen molar-refractivity contribution in [1.29, 1.82) is 0 Å². The maximum absolute atomic E-state index is 12.5. The van der Waals surface area contributed by atoms with Gasteiger partial charge in [-0.05, 0) is 37.0 Å². The van der Waals surface area contributed by atoms with E-state index in [0.29, 0.717) is 19.0 Å². The van der Waals surface area contributed by atoms with E-state index in [1.807, 2.05) is 29.2 Å². The van der Waals surface area contributed by atoms with Crippen LogP contribution < -0.4 is 5.73 Å². The molecule has 1 aliphatic rings. The molecular formula is C17H26N2O2. The van der Waals surface area contributed by atoms with Crippen molar-refractivity contribution in [3.05, 3.63) is 29.8 Å². The van der Waals surface area contributed by atoms with Crippen molar-refractivity contribution in [2.24, 2.45) is 0 Å². The average molecular weight is 290 g/mol. The van der Waals surface area contributed by atoms with Crippen LogP contribution >= 0.6 is 0 Å². The number of nitrogen functional groups attached to an aromatic ring is 1. The molecule has 1 aromatic rings. The molecular weight excluding hydrogens is 264 g/mol. The van der Waals surface area contributed by atoms with Gasteiger partial charge in [-0.2, -0.15) is 0 Å². The predicted molar refractivity (Wildman–Crippen MR) is 84.8 cm³/mol. The van der Waals surface area contributed by atoms with E-state index in [4.69, 9.17) is 5.73 Å². The molecule has 0 saturated heterocycles. The molecule has 4 heteroatoms. The topological polar surface area (TPSA) is 66.6 Å². The minimum atomic E-state index is 0.0457. The summed E-state index contributed by atoms with van der Waals surface area (Å²) in [4.78, 5) is 14.4. The Morgan fingerprint density at radius 3 is 2.48 bits per heavy atom. The Hall–Kier alpha value is -1.55. The lowest BCUT2D eigenvalue weighted by Crippen LogP contribution is -2.43. The van der Waals surface area contributed by atoms with Crippen LogP contribution in [0, 0.1) is 0 Å². The highest BCUT2D eigenvalue weighted by Crippen LogP contribution is 2.23. The first kappa shape index (κ1) is 15.8. The first-order valence-corrected chi connectivity index (χ1v) is 7.95. The normalized spacial score (nSPS) is 15.9. The number of carbonyl (C=O) groups excluding carboxylic acids is 1. The van der Waals surface area contributed by atoms with Gasteiger partial charge in [0.2, 0.25) is 5.91 Å². The SMILES string of the molecule is Nc1ccc(CCC(=O)N(CCO)C2CCCCC2)cc1. The van der Waals surface area contributed by atoms with E-state index in [1.54, 1.807) is 0 Å². The standard InChI is InChI=1S/C17H26N2O2/c18-15-9-6-14(7-10-15)8-11-17(21)19(12-13-20)16-4-2-1-3-5-16/h6-7,9-10,16,20H,1-5,8,11-13,18H2. The van der Waals surface area contributed by atoms with Gasteiger partial charge < -0.3 is 15.7 Å². The van der Waals surface area contributed by atoms with Gasteiger partial charge in [0.25, 0.3) is 0 Å². The molecule has 1 saturated carbocycles. The van der Waals surface area contributed by atoms with Gasteiger partial charge in [-0.1, -0.05) is 31.4 Å². The fraction of sp³-hybridized carbons (Fsp3) is 0.588. The summed E-state index contributed by atoms with van der Waals surface area (Å²) in [5, 5.41) is 9.22. The molecule has 116 valence electrons. The fourth-order valence-electron chi connectivity index (χ4n) is 3.09. The Kier molecular flexibility index (Phi) is 6.05. The van der Waals surface area contributed by atoms with Gasteiger partial charge in [0, 0.05) is 24.7 Å². The molecule has 2 rings (SSSR count). The summed E-state index contributed by atoms with van der Waals surface area (Å²) in [6.07, 6.45) is 7.04. The Morgan fingerprint density at radius 2 is 1.86 bits per heavy atom. The highest BCUT2D eigenvalue weighted by Gasteiger charge is 2.24. The number of nitrogens with two attached hydrogens (primary N) is 1. The van der Waals surface area contributed by atoms with Gasteiger partial charge in [-0.25, -0.2) is 0 Å². The van der Waals surface area contributed by atoms with Crippen LogP contribution in [-0.2, 0) is 11.2 Å². The molecule has 4 nitrogen and oxygen atoms in total. The number of aliphatic hydroxyl groups excluding tert-OH is 1. The zero-order chi connectivity index (χ0) is 15.1. The molecule has 1 aliphatic carbocycles. The third kappa shape index (κ3) is 4.74. The van der Waals surface area contributed by atoms with Gasteiger partial charge in [0.05, 0.1) is 6.61 Å². The third-order valence-electron chi connectivity index (χ3n) is 4.28. The number of rotatable bonds is 6. The molecule has 0 unspecified atom stereocenters. The number of hydrogen-bond donors (Lipinski definition) is 2. The molecule has 0 radical (unpaired) electrons. The fourth-order valence-corrected chi connectivity index (χ4v) is 3.09. The second kappa shape index (κ2) is 8.03. The van der Waals surface area contributed by atoms with E-state index in [-0.39, 0.29) is 12.5 Å². The molecule has 21 heavy (non-hydrogen) atoms. The van der Waals surface area contributed by atoms with Crippen molar-refractivity contribution in [3.8, 4) is 0 Å². The van der Waals surface area contributed by atoms with Crippen LogP contribution in [-0.4, -0.2) is 35.1 Å². The predicted octanol–water partition coefficient (Wildman–Crippen LogP) is 2.36. The van der Waals surface area contributed by atoms with Crippen LogP contribution in [0.3, 0.4) is 0 Å². The van der Waals surface area contributed by atoms with Gasteiger partial charge in [0.15, 0.2) is 0 Å². The first-order chi connectivity index (χ1) is 10.2. The summed E-state index contributed by atoms with van der Waals surface area (Å²) >= 11 is 0. The lowest BCUT2D eigenvalue weighted by Gasteiger charge is -2.34. The average Bonchev–Trinajstić information content (AvgIpc) is 2.52. The van der Waals surface area contributed by atoms with Crippen LogP contribution in [0.15, 0.2) is 24.3 Å². The van der Waals surface area contributed by atoms with Crippen LogP contribution in [0.25, 0.3) is 0 Å². The second-order valence-electron chi connectivity index (χ2n) is 5.84. The zero-order valence-electron chi connectivity index (χ0n) is 12.6. The molecule has 0 spiro atoms. The van der Waals surface area contributed by atoms with Crippen LogP contribution in [0.2, 0.25) is 0 Å². The molecule has 0 atom stereocenters. The Labute approximate surface area is 126 Å². The highest BCUT2D eigenvalue weighted by atomic mass is 16.3. The van der Waals surface area contributed by atoms with Gasteiger partial charge >= 0.3 is 0 Å². The summed E-state index contributed by atoms with van der Waals surface area (Å²) < 4.78 is 0. The maximum atomic E-state index is 12.5. The zero-order valence-corrected chi connectivity index (χ0v) is 12.6. The summed E-state index contributed by atoms with van der Waals surface area (Å²) in [6, 6.07) is 8.00. The quantitative estimate of drug-likeness (QED) is 0.790. The number of benzene rings is 1. The van der Waals surface area contributed by atoms with Gasteiger partial charge in [0.1, 0.15) is 0 Å². The Morgan fingerprint density at radius 1 is 1.19 bits per heavy atom.